The fraction of sp³-hybridized carbons (Fsp3) is 0.491. The van der Waals surface area contributed by atoms with E-state index in [1.807, 2.05) is 31.3 Å². The number of benzene rings is 2. The highest BCUT2D eigenvalue weighted by atomic mass is 19.1. The van der Waals surface area contributed by atoms with Crippen LogP contribution in [0.4, 0.5) is 14.9 Å². The van der Waals surface area contributed by atoms with E-state index in [1.54, 1.807) is 9.47 Å². The molecule has 3 atom stereocenters. The van der Waals surface area contributed by atoms with Gasteiger partial charge in [-0.3, -0.25) is 14.5 Å². The summed E-state index contributed by atoms with van der Waals surface area (Å²) in [4.78, 5) is 58.1. The highest BCUT2D eigenvalue weighted by Gasteiger charge is 2.37. The van der Waals surface area contributed by atoms with Gasteiger partial charge in [0.25, 0.3) is 5.56 Å². The zero-order valence-electron chi connectivity index (χ0n) is 39.7. The highest BCUT2D eigenvalue weighted by Crippen LogP contribution is 2.38. The van der Waals surface area contributed by atoms with Gasteiger partial charge < -0.3 is 39.8 Å². The lowest BCUT2D eigenvalue weighted by atomic mass is 9.93. The van der Waals surface area contributed by atoms with Gasteiger partial charge in [0.2, 0.25) is 5.91 Å². The second-order valence-electron chi connectivity index (χ2n) is 20.0. The zero-order valence-corrected chi connectivity index (χ0v) is 39.7. The number of fused-ring (bicyclic) bond motifs is 1. The maximum Gasteiger partial charge on any atom is 0.321 e. The van der Waals surface area contributed by atoms with Crippen LogP contribution in [0.3, 0.4) is 0 Å². The average molecular weight is 928 g/mol. The first-order valence-corrected chi connectivity index (χ1v) is 24.6. The van der Waals surface area contributed by atoms with Crippen molar-refractivity contribution in [2.45, 2.75) is 110 Å². The first-order chi connectivity index (χ1) is 32.8. The number of H-pyrrole nitrogens is 1. The minimum absolute atomic E-state index is 0.0423. The topological polar surface area (TPSA) is 161 Å². The van der Waals surface area contributed by atoms with Crippen molar-refractivity contribution in [3.05, 3.63) is 112 Å². The van der Waals surface area contributed by atoms with Crippen molar-refractivity contribution in [2.75, 3.05) is 44.6 Å². The van der Waals surface area contributed by atoms with Crippen LogP contribution in [0, 0.1) is 30.5 Å². The van der Waals surface area contributed by atoms with Gasteiger partial charge in [-0.15, -0.1) is 0 Å². The summed E-state index contributed by atoms with van der Waals surface area (Å²) in [5.74, 6) is -0.469. The van der Waals surface area contributed by atoms with E-state index in [0.717, 1.165) is 88.0 Å². The number of carbonyl (C=O) groups is 2. The van der Waals surface area contributed by atoms with Gasteiger partial charge in [0, 0.05) is 104 Å². The molecule has 2 aromatic carbocycles. The predicted molar refractivity (Wildman–Crippen MR) is 262 cm³/mol. The molecule has 1 unspecified atom stereocenters. The lowest BCUT2D eigenvalue weighted by molar-refractivity contribution is -0.119. The summed E-state index contributed by atoms with van der Waals surface area (Å²) in [6, 6.07) is 16.9. The molecule has 4 aliphatic rings. The molecular formula is C53H66FN9O5. The first kappa shape index (κ1) is 47.3. The Morgan fingerprint density at radius 2 is 1.68 bits per heavy atom. The molecule has 6 heterocycles. The summed E-state index contributed by atoms with van der Waals surface area (Å²) in [6.07, 6.45) is 9.89. The minimum Gasteiger partial charge on any atom is -0.393 e. The maximum atomic E-state index is 15.3. The second kappa shape index (κ2) is 20.9. The van der Waals surface area contributed by atoms with Crippen molar-refractivity contribution in [1.82, 2.24) is 39.5 Å². The van der Waals surface area contributed by atoms with Crippen LogP contribution in [0.15, 0.2) is 84.2 Å². The van der Waals surface area contributed by atoms with Gasteiger partial charge in [0.05, 0.1) is 30.6 Å². The number of carbonyl (C=O) groups excluding carboxylic acids is 2. The molecule has 1 saturated carbocycles. The number of aromatic nitrogens is 4. The molecule has 4 fully saturated rings. The van der Waals surface area contributed by atoms with Crippen LogP contribution in [-0.2, 0) is 29.2 Å². The lowest BCUT2D eigenvalue weighted by Gasteiger charge is -2.37. The summed E-state index contributed by atoms with van der Waals surface area (Å²) in [5.41, 5.74) is 7.33. The number of hydrogen-bond acceptors (Lipinski definition) is 9. The number of aromatic amines is 1. The van der Waals surface area contributed by atoms with Crippen molar-refractivity contribution in [1.29, 1.82) is 0 Å². The van der Waals surface area contributed by atoms with E-state index >= 15 is 4.39 Å². The number of rotatable bonds is 15. The number of pyridine rings is 1. The van der Waals surface area contributed by atoms with Crippen LogP contribution in [0.5, 0.6) is 0 Å². The summed E-state index contributed by atoms with van der Waals surface area (Å²) in [5, 5.41) is 17.1. The third-order valence-electron chi connectivity index (χ3n) is 14.6. The fourth-order valence-electron chi connectivity index (χ4n) is 10.7. The van der Waals surface area contributed by atoms with E-state index in [2.05, 4.69) is 80.1 Å². The van der Waals surface area contributed by atoms with Crippen LogP contribution in [0.1, 0.15) is 81.9 Å². The number of nitrogens with zero attached hydrogens (tertiary/aromatic N) is 6. The Morgan fingerprint density at radius 1 is 0.941 bits per heavy atom. The van der Waals surface area contributed by atoms with Gasteiger partial charge in [-0.25, -0.2) is 19.2 Å². The Morgan fingerprint density at radius 3 is 2.40 bits per heavy atom. The molecule has 3 saturated heterocycles. The Balaban J connectivity index is 0.737. The van der Waals surface area contributed by atoms with Crippen LogP contribution < -0.4 is 16.2 Å². The van der Waals surface area contributed by atoms with Gasteiger partial charge in [-0.2, -0.15) is 0 Å². The molecule has 1 aliphatic carbocycles. The largest absolute Gasteiger partial charge is 0.393 e. The summed E-state index contributed by atoms with van der Waals surface area (Å²) in [6.45, 7) is 16.9. The number of anilines is 1. The molecular weight excluding hydrogens is 862 g/mol. The monoisotopic (exact) mass is 928 g/mol. The van der Waals surface area contributed by atoms with Crippen LogP contribution in [0.25, 0.3) is 33.5 Å². The molecule has 14 nitrogen and oxygen atoms in total. The van der Waals surface area contributed by atoms with Gasteiger partial charge in [0.15, 0.2) is 0 Å². The second-order valence-corrected chi connectivity index (χ2v) is 20.0. The standard InChI is InChI=1S/C53H66FN9O5/c1-33(2)24-39-25-40(26-48(39)64)51(65)59-46-28-41(54)27-44(35(46)4)49-45-29-47(58-50(45)56-32-55-49)37-9-7-36(8-10-37)30-61-19-14-43(15-20-61)68-42-12-17-60(18-13-42)22-23-62-16-5-6-38(52(62)66)31-63-21-11-34(3)57-53(63)67/h5-10,16,27-29,32-33,39-40,42-43,48,64H,3,11-15,17-26,30-31H2,1-2,4H3,(H,57,67)(H,59,65)(H,55,56,58)/t39-,40?,48-/m0/s1. The maximum absolute atomic E-state index is 15.3. The van der Waals surface area contributed by atoms with Crippen molar-refractivity contribution in [3.63, 3.8) is 0 Å². The van der Waals surface area contributed by atoms with Crippen LogP contribution >= 0.6 is 0 Å². The molecule has 9 rings (SSSR count). The number of amides is 3. The molecule has 15 heteroatoms. The lowest BCUT2D eigenvalue weighted by Crippen LogP contribution is -2.45. The summed E-state index contributed by atoms with van der Waals surface area (Å²) >= 11 is 0. The molecule has 0 bridgehead atoms. The molecule has 0 radical (unpaired) electrons. The number of ether oxygens (including phenoxy) is 1. The number of likely N-dealkylation sites (tertiary alicyclic amines) is 2. The Bertz CT molecular complexity index is 2670. The van der Waals surface area contributed by atoms with Gasteiger partial charge in [-0.05, 0) is 105 Å². The smallest absolute Gasteiger partial charge is 0.321 e. The van der Waals surface area contributed by atoms with Crippen LogP contribution in [-0.4, -0.2) is 109 Å². The molecule has 3 aromatic heterocycles. The van der Waals surface area contributed by atoms with Crippen molar-refractivity contribution < 1.29 is 23.8 Å². The molecule has 4 N–H and O–H groups in total. The Kier molecular flexibility index (Phi) is 14.5. The first-order valence-electron chi connectivity index (χ1n) is 24.6. The number of aliphatic hydroxyl groups excluding tert-OH is 1. The molecule has 5 aromatic rings. The van der Waals surface area contributed by atoms with E-state index in [0.29, 0.717) is 84.2 Å². The van der Waals surface area contributed by atoms with E-state index in [1.165, 1.54) is 24.0 Å². The van der Waals surface area contributed by atoms with Gasteiger partial charge in [-0.1, -0.05) is 50.8 Å². The number of aliphatic hydroxyl groups is 1. The number of urea groups is 1. The van der Waals surface area contributed by atoms with E-state index in [9.17, 15) is 19.5 Å². The molecule has 360 valence electrons. The predicted octanol–water partition coefficient (Wildman–Crippen LogP) is 7.85. The molecule has 0 spiro atoms. The van der Waals surface area contributed by atoms with Gasteiger partial charge in [0.1, 0.15) is 17.8 Å². The Hall–Kier alpha value is -5.74. The zero-order chi connectivity index (χ0) is 47.5. The van der Waals surface area contributed by atoms with Crippen molar-refractivity contribution in [2.24, 2.45) is 17.8 Å². The average Bonchev–Trinajstić information content (AvgIpc) is 3.93. The summed E-state index contributed by atoms with van der Waals surface area (Å²) < 4.78 is 23.7. The third-order valence-corrected chi connectivity index (χ3v) is 14.6. The van der Waals surface area contributed by atoms with Gasteiger partial charge >= 0.3 is 6.03 Å². The summed E-state index contributed by atoms with van der Waals surface area (Å²) in [7, 11) is 0. The molecule has 3 amide bonds. The minimum atomic E-state index is -0.506. The third kappa shape index (κ3) is 11.1. The van der Waals surface area contributed by atoms with E-state index < -0.39 is 11.9 Å². The quantitative estimate of drug-likeness (QED) is 0.0820. The highest BCUT2D eigenvalue weighted by molar-refractivity contribution is 5.98. The molecule has 68 heavy (non-hydrogen) atoms. The number of halogens is 1. The SMILES string of the molecule is C=C1CCN(Cc2cccn(CCN3CCC(OC4CCN(Cc5ccc(-c6cc7c(-c8cc(F)cc(NC(=O)C9C[C@H](CC(C)C)[C@@H](O)C9)c8C)ncnc7[nH]6)cc5)CC4)CC3)c2=O)C(=O)N1. The van der Waals surface area contributed by atoms with Crippen molar-refractivity contribution >= 4 is 28.7 Å². The molecule has 3 aliphatic heterocycles. The van der Waals surface area contributed by atoms with E-state index in [4.69, 9.17) is 4.74 Å². The Labute approximate surface area is 398 Å². The van der Waals surface area contributed by atoms with Crippen molar-refractivity contribution in [3.8, 4) is 22.5 Å². The normalized spacial score (nSPS) is 21.3. The van der Waals surface area contributed by atoms with E-state index in [-0.39, 0.29) is 41.5 Å². The van der Waals surface area contributed by atoms with Crippen LogP contribution in [0.2, 0.25) is 0 Å². The number of piperidine rings is 2. The number of hydrogen-bond donors (Lipinski definition) is 4. The number of nitrogens with one attached hydrogen (secondary N) is 3. The fourth-order valence-corrected chi connectivity index (χ4v) is 10.7.